The standard InChI is InChI=1S/C22H29N3O2.CH2O2/c1-24(2)14-13-21(18-8-4-3-5-9-18)23-22(27)25(19-11-12-19)16-17-7-6-10-20(26)15-17;2-1-3/h3-10,15,19,21,26H,11-14,16H2,1-2H3,(H,23,27);1H,(H,2,3). The average molecular weight is 414 g/mol. The number of hydrogen-bond acceptors (Lipinski definition) is 4. The van der Waals surface area contributed by atoms with Gasteiger partial charge in [-0.1, -0.05) is 42.5 Å². The van der Waals surface area contributed by atoms with Crippen molar-refractivity contribution in [3.05, 3.63) is 65.7 Å². The summed E-state index contributed by atoms with van der Waals surface area (Å²) in [5.74, 6) is 0.233. The first-order chi connectivity index (χ1) is 14.4. The molecule has 0 heterocycles. The van der Waals surface area contributed by atoms with Gasteiger partial charge in [0.15, 0.2) is 0 Å². The Kier molecular flexibility index (Phi) is 9.15. The molecule has 1 aliphatic rings. The van der Waals surface area contributed by atoms with E-state index < -0.39 is 0 Å². The number of hydrogen-bond donors (Lipinski definition) is 3. The Morgan fingerprint density at radius 1 is 1.17 bits per heavy atom. The van der Waals surface area contributed by atoms with Crippen LogP contribution in [0.15, 0.2) is 54.6 Å². The van der Waals surface area contributed by atoms with Gasteiger partial charge in [-0.05, 0) is 63.2 Å². The van der Waals surface area contributed by atoms with Gasteiger partial charge in [0, 0.05) is 12.6 Å². The molecule has 2 amide bonds. The summed E-state index contributed by atoms with van der Waals surface area (Å²) in [6.45, 7) is 1.16. The van der Waals surface area contributed by atoms with Crippen LogP contribution in [0.5, 0.6) is 5.75 Å². The highest BCUT2D eigenvalue weighted by Gasteiger charge is 2.33. The van der Waals surface area contributed by atoms with Crippen molar-refractivity contribution in [3.63, 3.8) is 0 Å². The van der Waals surface area contributed by atoms with E-state index in [9.17, 15) is 9.90 Å². The minimum Gasteiger partial charge on any atom is -0.508 e. The predicted octanol–water partition coefficient (Wildman–Crippen LogP) is 3.46. The third-order valence-corrected chi connectivity index (χ3v) is 4.88. The van der Waals surface area contributed by atoms with Crippen molar-refractivity contribution in [1.82, 2.24) is 15.1 Å². The Morgan fingerprint density at radius 3 is 2.40 bits per heavy atom. The second-order valence-corrected chi connectivity index (χ2v) is 7.64. The molecule has 1 aliphatic carbocycles. The third kappa shape index (κ3) is 7.75. The van der Waals surface area contributed by atoms with Gasteiger partial charge < -0.3 is 25.3 Å². The number of carbonyl (C=O) groups is 2. The van der Waals surface area contributed by atoms with Crippen molar-refractivity contribution >= 4 is 12.5 Å². The molecular formula is C23H31N3O4. The summed E-state index contributed by atoms with van der Waals surface area (Å²) in [4.78, 5) is 25.5. The molecule has 2 aromatic rings. The number of nitrogens with zero attached hydrogens (tertiary/aromatic N) is 2. The number of carboxylic acid groups (broad SMARTS) is 1. The quantitative estimate of drug-likeness (QED) is 0.577. The van der Waals surface area contributed by atoms with Crippen molar-refractivity contribution in [3.8, 4) is 5.75 Å². The summed E-state index contributed by atoms with van der Waals surface area (Å²) in [5.41, 5.74) is 2.07. The van der Waals surface area contributed by atoms with Crippen LogP contribution in [-0.2, 0) is 11.3 Å². The molecule has 0 radical (unpaired) electrons. The summed E-state index contributed by atoms with van der Waals surface area (Å²) in [5, 5.41) is 19.8. The fourth-order valence-corrected chi connectivity index (χ4v) is 3.23. The zero-order valence-corrected chi connectivity index (χ0v) is 17.6. The highest BCUT2D eigenvalue weighted by molar-refractivity contribution is 5.75. The first-order valence-corrected chi connectivity index (χ1v) is 10.1. The van der Waals surface area contributed by atoms with Crippen molar-refractivity contribution < 1.29 is 19.8 Å². The second kappa shape index (κ2) is 11.8. The molecule has 0 aromatic heterocycles. The number of nitrogens with one attached hydrogen (secondary N) is 1. The average Bonchev–Trinajstić information content (AvgIpc) is 3.55. The lowest BCUT2D eigenvalue weighted by Gasteiger charge is -2.28. The SMILES string of the molecule is CN(C)CCC(NC(=O)N(Cc1cccc(O)c1)C1CC1)c1ccccc1.O=CO. The minimum atomic E-state index is -0.250. The minimum absolute atomic E-state index is 0.0217. The van der Waals surface area contributed by atoms with Crippen LogP contribution < -0.4 is 5.32 Å². The van der Waals surface area contributed by atoms with Gasteiger partial charge in [0.05, 0.1) is 6.04 Å². The van der Waals surface area contributed by atoms with Gasteiger partial charge in [0.2, 0.25) is 0 Å². The maximum Gasteiger partial charge on any atom is 0.318 e. The number of phenolic OH excluding ortho intramolecular Hbond substituents is 1. The van der Waals surface area contributed by atoms with E-state index in [1.54, 1.807) is 12.1 Å². The van der Waals surface area contributed by atoms with Gasteiger partial charge in [0.25, 0.3) is 6.47 Å². The molecule has 1 atom stereocenters. The van der Waals surface area contributed by atoms with E-state index in [1.807, 2.05) is 49.3 Å². The molecule has 3 N–H and O–H groups in total. The van der Waals surface area contributed by atoms with Gasteiger partial charge in [-0.25, -0.2) is 4.79 Å². The van der Waals surface area contributed by atoms with Crippen molar-refractivity contribution in [2.45, 2.75) is 37.9 Å². The molecule has 2 aromatic carbocycles. The lowest BCUT2D eigenvalue weighted by atomic mass is 10.0. The molecule has 1 fully saturated rings. The Hall–Kier alpha value is -3.06. The number of benzene rings is 2. The van der Waals surface area contributed by atoms with Crippen LogP contribution in [-0.4, -0.2) is 59.2 Å². The molecule has 1 saturated carbocycles. The first kappa shape index (κ1) is 23.2. The number of carbonyl (C=O) groups excluding carboxylic acids is 1. The monoisotopic (exact) mass is 413 g/mol. The lowest BCUT2D eigenvalue weighted by molar-refractivity contribution is -0.122. The van der Waals surface area contributed by atoms with E-state index >= 15 is 0 Å². The van der Waals surface area contributed by atoms with E-state index in [1.165, 1.54) is 0 Å². The highest BCUT2D eigenvalue weighted by atomic mass is 16.3. The zero-order chi connectivity index (χ0) is 21.9. The van der Waals surface area contributed by atoms with Crippen molar-refractivity contribution in [2.24, 2.45) is 0 Å². The van der Waals surface area contributed by atoms with Crippen molar-refractivity contribution in [2.75, 3.05) is 20.6 Å². The normalized spacial score (nSPS) is 13.7. The molecule has 0 bridgehead atoms. The molecular weight excluding hydrogens is 382 g/mol. The van der Waals surface area contributed by atoms with Gasteiger partial charge in [-0.3, -0.25) is 4.79 Å². The third-order valence-electron chi connectivity index (χ3n) is 4.88. The maximum absolute atomic E-state index is 13.1. The number of aromatic hydroxyl groups is 1. The maximum atomic E-state index is 13.1. The van der Waals surface area contributed by atoms with E-state index in [4.69, 9.17) is 9.90 Å². The summed E-state index contributed by atoms with van der Waals surface area (Å²) >= 11 is 0. The van der Waals surface area contributed by atoms with Crippen LogP contribution in [0.2, 0.25) is 0 Å². The fraction of sp³-hybridized carbons (Fsp3) is 0.391. The van der Waals surface area contributed by atoms with Gasteiger partial charge in [0.1, 0.15) is 5.75 Å². The highest BCUT2D eigenvalue weighted by Crippen LogP contribution is 2.29. The van der Waals surface area contributed by atoms with Crippen LogP contribution in [0.4, 0.5) is 4.79 Å². The van der Waals surface area contributed by atoms with Gasteiger partial charge in [-0.15, -0.1) is 0 Å². The summed E-state index contributed by atoms with van der Waals surface area (Å²) in [6.07, 6.45) is 2.94. The number of urea groups is 1. The fourth-order valence-electron chi connectivity index (χ4n) is 3.23. The topological polar surface area (TPSA) is 93.1 Å². The second-order valence-electron chi connectivity index (χ2n) is 7.64. The molecule has 0 aliphatic heterocycles. The number of rotatable bonds is 8. The molecule has 162 valence electrons. The van der Waals surface area contributed by atoms with Gasteiger partial charge in [-0.2, -0.15) is 0 Å². The van der Waals surface area contributed by atoms with E-state index in [0.29, 0.717) is 6.54 Å². The van der Waals surface area contributed by atoms with E-state index in [-0.39, 0.29) is 30.3 Å². The van der Waals surface area contributed by atoms with Crippen LogP contribution in [0.1, 0.15) is 36.4 Å². The summed E-state index contributed by atoms with van der Waals surface area (Å²) in [7, 11) is 4.09. The lowest BCUT2D eigenvalue weighted by Crippen LogP contribution is -2.43. The largest absolute Gasteiger partial charge is 0.508 e. The van der Waals surface area contributed by atoms with E-state index in [2.05, 4.69) is 22.3 Å². The first-order valence-electron chi connectivity index (χ1n) is 10.1. The number of phenols is 1. The van der Waals surface area contributed by atoms with Crippen molar-refractivity contribution in [1.29, 1.82) is 0 Å². The molecule has 30 heavy (non-hydrogen) atoms. The molecule has 7 nitrogen and oxygen atoms in total. The molecule has 3 rings (SSSR count). The predicted molar refractivity (Wildman–Crippen MR) is 116 cm³/mol. The smallest absolute Gasteiger partial charge is 0.318 e. The van der Waals surface area contributed by atoms with Crippen LogP contribution in [0.25, 0.3) is 0 Å². The van der Waals surface area contributed by atoms with Crippen LogP contribution >= 0.6 is 0 Å². The molecule has 0 saturated heterocycles. The molecule has 7 heteroatoms. The summed E-state index contributed by atoms with van der Waals surface area (Å²) < 4.78 is 0. The zero-order valence-electron chi connectivity index (χ0n) is 17.6. The van der Waals surface area contributed by atoms with Crippen LogP contribution in [0, 0.1) is 0 Å². The summed E-state index contributed by atoms with van der Waals surface area (Å²) in [6, 6.07) is 17.5. The van der Waals surface area contributed by atoms with E-state index in [0.717, 1.165) is 36.9 Å². The molecule has 0 spiro atoms. The number of amides is 2. The Labute approximate surface area is 177 Å². The Morgan fingerprint density at radius 2 is 1.83 bits per heavy atom. The van der Waals surface area contributed by atoms with Gasteiger partial charge >= 0.3 is 6.03 Å². The Balaban J connectivity index is 0.00000101. The molecule has 1 unspecified atom stereocenters. The Bertz CT molecular complexity index is 794. The van der Waals surface area contributed by atoms with Crippen LogP contribution in [0.3, 0.4) is 0 Å².